The number of rotatable bonds is 3. The minimum Gasteiger partial charge on any atom is -0.481 e. The fourth-order valence-corrected chi connectivity index (χ4v) is 1.27. The lowest BCUT2D eigenvalue weighted by Crippen LogP contribution is -2.43. The van der Waals surface area contributed by atoms with Crippen LogP contribution in [0.3, 0.4) is 0 Å². The van der Waals surface area contributed by atoms with Crippen molar-refractivity contribution in [2.75, 3.05) is 13.1 Å². The Bertz CT molecular complexity index is 341. The largest absolute Gasteiger partial charge is 0.481 e. The first-order chi connectivity index (χ1) is 9.00. The van der Waals surface area contributed by atoms with Crippen LogP contribution in [-0.2, 0) is 24.0 Å². The minimum atomic E-state index is -0.833. The van der Waals surface area contributed by atoms with Crippen molar-refractivity contribution in [3.8, 4) is 0 Å². The normalized spacial score (nSPS) is 8.85. The molecule has 0 spiro atoms. The molecule has 8 nitrogen and oxygen atoms in total. The van der Waals surface area contributed by atoms with E-state index in [1.807, 2.05) is 0 Å². The lowest BCUT2D eigenvalue weighted by atomic mass is 10.4. The summed E-state index contributed by atoms with van der Waals surface area (Å²) in [5.74, 6) is -2.45. The summed E-state index contributed by atoms with van der Waals surface area (Å²) in [7, 11) is 0. The summed E-state index contributed by atoms with van der Waals surface area (Å²) in [6, 6.07) is 0. The van der Waals surface area contributed by atoms with Gasteiger partial charge in [0.1, 0.15) is 0 Å². The van der Waals surface area contributed by atoms with Gasteiger partial charge < -0.3 is 5.11 Å². The van der Waals surface area contributed by atoms with E-state index in [9.17, 15) is 19.2 Å². The Kier molecular flexibility index (Phi) is 9.69. The Morgan fingerprint density at radius 3 is 0.900 bits per heavy atom. The van der Waals surface area contributed by atoms with Gasteiger partial charge in [0.25, 0.3) is 5.97 Å². The van der Waals surface area contributed by atoms with Crippen molar-refractivity contribution in [2.24, 2.45) is 0 Å². The number of carboxylic acids is 1. The quantitative estimate of drug-likeness (QED) is 0.774. The predicted molar refractivity (Wildman–Crippen MR) is 69.4 cm³/mol. The highest BCUT2D eigenvalue weighted by molar-refractivity contribution is 5.94. The first-order valence-corrected chi connectivity index (χ1v) is 5.77. The third kappa shape index (κ3) is 9.75. The van der Waals surface area contributed by atoms with Gasteiger partial charge in [-0.1, -0.05) is 0 Å². The number of nitrogens with zero attached hydrogens (tertiary/aromatic N) is 2. The molecule has 0 rings (SSSR count). The standard InChI is InChI=1S/C10H16N2O4.C2H4O2/c1-7(13)11(8(2)14)5-6-12(9(3)15)10(4)16;1-2(3)4/h5-6H2,1-4H3;1H3,(H,3,4). The smallest absolute Gasteiger partial charge is 0.300 e. The van der Waals surface area contributed by atoms with Gasteiger partial charge in [-0.3, -0.25) is 33.8 Å². The highest BCUT2D eigenvalue weighted by atomic mass is 16.4. The van der Waals surface area contributed by atoms with E-state index < -0.39 is 29.6 Å². The molecule has 0 saturated heterocycles. The monoisotopic (exact) mass is 288 g/mol. The van der Waals surface area contributed by atoms with Gasteiger partial charge in [-0.15, -0.1) is 0 Å². The first-order valence-electron chi connectivity index (χ1n) is 5.77. The Morgan fingerprint density at radius 2 is 0.800 bits per heavy atom. The van der Waals surface area contributed by atoms with Gasteiger partial charge in [0.2, 0.25) is 23.6 Å². The molecule has 8 heteroatoms. The molecule has 0 bridgehead atoms. The van der Waals surface area contributed by atoms with E-state index in [1.165, 1.54) is 27.7 Å². The van der Waals surface area contributed by atoms with Crippen molar-refractivity contribution in [1.29, 1.82) is 0 Å². The number of carboxylic acid groups (broad SMARTS) is 1. The Labute approximate surface area is 117 Å². The zero-order valence-corrected chi connectivity index (χ0v) is 12.3. The number of amides is 4. The van der Waals surface area contributed by atoms with E-state index in [-0.39, 0.29) is 13.1 Å². The number of aliphatic carboxylic acids is 1. The fraction of sp³-hybridized carbons (Fsp3) is 0.583. The second kappa shape index (κ2) is 9.65. The molecule has 1 N–H and O–H groups in total. The molecule has 0 saturated carbocycles. The van der Waals surface area contributed by atoms with Crippen LogP contribution in [0.15, 0.2) is 0 Å². The van der Waals surface area contributed by atoms with Crippen LogP contribution < -0.4 is 0 Å². The zero-order chi connectivity index (χ0) is 16.5. The highest BCUT2D eigenvalue weighted by Crippen LogP contribution is 1.96. The van der Waals surface area contributed by atoms with E-state index in [2.05, 4.69) is 0 Å². The van der Waals surface area contributed by atoms with Gasteiger partial charge in [-0.2, -0.15) is 0 Å². The van der Waals surface area contributed by atoms with E-state index in [1.54, 1.807) is 0 Å². The third-order valence-electron chi connectivity index (χ3n) is 2.07. The van der Waals surface area contributed by atoms with Crippen molar-refractivity contribution < 1.29 is 29.1 Å². The number of hydrogen-bond donors (Lipinski definition) is 1. The molecule has 0 aromatic heterocycles. The number of carbonyl (C=O) groups excluding carboxylic acids is 4. The Balaban J connectivity index is 0. The van der Waals surface area contributed by atoms with Gasteiger partial charge in [0.05, 0.1) is 0 Å². The molecule has 0 aliphatic rings. The lowest BCUT2D eigenvalue weighted by Gasteiger charge is -2.22. The van der Waals surface area contributed by atoms with E-state index in [4.69, 9.17) is 9.90 Å². The molecular formula is C12H20N2O6. The Morgan fingerprint density at radius 1 is 0.650 bits per heavy atom. The van der Waals surface area contributed by atoms with Crippen molar-refractivity contribution in [3.05, 3.63) is 0 Å². The number of hydrogen-bond acceptors (Lipinski definition) is 5. The van der Waals surface area contributed by atoms with Gasteiger partial charge in [-0.25, -0.2) is 0 Å². The molecule has 0 aromatic rings. The maximum atomic E-state index is 11.1. The second-order valence-corrected chi connectivity index (χ2v) is 3.90. The summed E-state index contributed by atoms with van der Waals surface area (Å²) in [6.07, 6.45) is 0. The summed E-state index contributed by atoms with van der Waals surface area (Å²) in [5, 5.41) is 7.42. The molecule has 0 fully saturated rings. The van der Waals surface area contributed by atoms with Crippen LogP contribution in [-0.4, -0.2) is 57.6 Å². The molecule has 0 heterocycles. The van der Waals surface area contributed by atoms with E-state index in [0.29, 0.717) is 0 Å². The molecule has 0 radical (unpaired) electrons. The molecule has 0 aliphatic heterocycles. The molecule has 0 aromatic carbocycles. The second-order valence-electron chi connectivity index (χ2n) is 3.90. The minimum absolute atomic E-state index is 0.0316. The maximum absolute atomic E-state index is 11.1. The van der Waals surface area contributed by atoms with Crippen LogP contribution in [0.1, 0.15) is 34.6 Å². The number of carbonyl (C=O) groups is 5. The topological polar surface area (TPSA) is 112 Å². The van der Waals surface area contributed by atoms with Crippen molar-refractivity contribution in [3.63, 3.8) is 0 Å². The molecular weight excluding hydrogens is 268 g/mol. The van der Waals surface area contributed by atoms with Crippen LogP contribution in [0.2, 0.25) is 0 Å². The summed E-state index contributed by atoms with van der Waals surface area (Å²) in [5.41, 5.74) is 0. The summed E-state index contributed by atoms with van der Waals surface area (Å²) < 4.78 is 0. The highest BCUT2D eigenvalue weighted by Gasteiger charge is 2.18. The van der Waals surface area contributed by atoms with Crippen LogP contribution in [0.5, 0.6) is 0 Å². The number of imide groups is 2. The average molecular weight is 288 g/mol. The Hall–Kier alpha value is -2.25. The van der Waals surface area contributed by atoms with Gasteiger partial charge in [0.15, 0.2) is 0 Å². The first kappa shape index (κ1) is 20.1. The van der Waals surface area contributed by atoms with Gasteiger partial charge in [-0.05, 0) is 0 Å². The van der Waals surface area contributed by atoms with Gasteiger partial charge in [0, 0.05) is 47.7 Å². The van der Waals surface area contributed by atoms with Crippen LogP contribution >= 0.6 is 0 Å². The van der Waals surface area contributed by atoms with Crippen molar-refractivity contribution >= 4 is 29.6 Å². The van der Waals surface area contributed by atoms with Crippen molar-refractivity contribution in [2.45, 2.75) is 34.6 Å². The molecule has 4 amide bonds. The van der Waals surface area contributed by atoms with Crippen LogP contribution in [0.4, 0.5) is 0 Å². The maximum Gasteiger partial charge on any atom is 0.300 e. The lowest BCUT2D eigenvalue weighted by molar-refractivity contribution is -0.147. The summed E-state index contributed by atoms with van der Waals surface area (Å²) in [4.78, 5) is 55.2. The average Bonchev–Trinajstić information content (AvgIpc) is 2.20. The summed E-state index contributed by atoms with van der Waals surface area (Å²) in [6.45, 7) is 6.18. The third-order valence-corrected chi connectivity index (χ3v) is 2.07. The molecule has 0 aliphatic carbocycles. The van der Waals surface area contributed by atoms with Crippen LogP contribution in [0, 0.1) is 0 Å². The predicted octanol–water partition coefficient (Wildman–Crippen LogP) is -0.133. The van der Waals surface area contributed by atoms with E-state index in [0.717, 1.165) is 16.7 Å². The van der Waals surface area contributed by atoms with Crippen molar-refractivity contribution in [1.82, 2.24) is 9.80 Å². The molecule has 0 atom stereocenters. The SMILES string of the molecule is CC(=O)N(CCN(C(C)=O)C(C)=O)C(C)=O.CC(=O)O. The zero-order valence-electron chi connectivity index (χ0n) is 12.3. The van der Waals surface area contributed by atoms with Crippen LogP contribution in [0.25, 0.3) is 0 Å². The van der Waals surface area contributed by atoms with E-state index >= 15 is 0 Å². The fourth-order valence-electron chi connectivity index (χ4n) is 1.27. The molecule has 0 unspecified atom stereocenters. The summed E-state index contributed by atoms with van der Waals surface area (Å²) >= 11 is 0. The van der Waals surface area contributed by atoms with Gasteiger partial charge >= 0.3 is 0 Å². The molecule has 114 valence electrons. The molecule has 20 heavy (non-hydrogen) atoms.